The molecule has 0 saturated carbocycles. The van der Waals surface area contributed by atoms with E-state index in [1.54, 1.807) is 24.9 Å². The summed E-state index contributed by atoms with van der Waals surface area (Å²) in [6, 6.07) is 2.95. The van der Waals surface area contributed by atoms with Crippen molar-refractivity contribution >= 4 is 23.2 Å². The van der Waals surface area contributed by atoms with E-state index in [0.29, 0.717) is 23.6 Å². The molecule has 4 rings (SSSR count). The van der Waals surface area contributed by atoms with E-state index in [-0.39, 0.29) is 18.8 Å². The zero-order valence-electron chi connectivity index (χ0n) is 17.8. The molecule has 0 bridgehead atoms. The molecule has 0 saturated heterocycles. The van der Waals surface area contributed by atoms with Gasteiger partial charge in [0, 0.05) is 11.3 Å². The van der Waals surface area contributed by atoms with Gasteiger partial charge < -0.3 is 15.8 Å². The van der Waals surface area contributed by atoms with Crippen LogP contribution in [0.4, 0.5) is 29.5 Å². The second-order valence-corrected chi connectivity index (χ2v) is 7.69. The Morgan fingerprint density at radius 2 is 2.06 bits per heavy atom. The van der Waals surface area contributed by atoms with Gasteiger partial charge in [-0.25, -0.2) is 14.8 Å². The van der Waals surface area contributed by atoms with Crippen molar-refractivity contribution in [3.8, 4) is 0 Å². The average Bonchev–Trinajstić information content (AvgIpc) is 3.31. The highest BCUT2D eigenvalue weighted by Gasteiger charge is 2.33. The van der Waals surface area contributed by atoms with Crippen molar-refractivity contribution < 1.29 is 22.7 Å². The summed E-state index contributed by atoms with van der Waals surface area (Å²) in [4.78, 5) is 22.8. The molecule has 1 aliphatic rings. The summed E-state index contributed by atoms with van der Waals surface area (Å²) in [5.74, 6) is 1.20. The van der Waals surface area contributed by atoms with Crippen LogP contribution in [0.5, 0.6) is 0 Å². The number of anilines is 2. The van der Waals surface area contributed by atoms with Crippen molar-refractivity contribution in [2.45, 2.75) is 46.1 Å². The number of ether oxygens (including phenoxy) is 1. The number of alkyl halides is 3. The number of nitrogens with one attached hydrogen (secondary N) is 1. The molecule has 0 fully saturated rings. The zero-order chi connectivity index (χ0) is 23.2. The second-order valence-electron chi connectivity index (χ2n) is 7.69. The molecule has 3 aromatic rings. The SMILES string of the molecule is CCOC(=O)N1Cc2c(N[C@H](C)c3cc(N)cc(C(F)(F)F)c3)nc3cnc(C)n3c2C1. The predicted octanol–water partition coefficient (Wildman–Crippen LogP) is 4.28. The molecule has 11 heteroatoms. The van der Waals surface area contributed by atoms with Crippen LogP contribution in [0.1, 0.15) is 48.1 Å². The summed E-state index contributed by atoms with van der Waals surface area (Å²) in [5.41, 5.74) is 7.48. The molecule has 3 N–H and O–H groups in total. The molecule has 32 heavy (non-hydrogen) atoms. The smallest absolute Gasteiger partial charge is 0.416 e. The number of halogens is 3. The lowest BCUT2D eigenvalue weighted by Gasteiger charge is -2.20. The minimum Gasteiger partial charge on any atom is -0.450 e. The molecule has 1 aliphatic heterocycles. The van der Waals surface area contributed by atoms with Gasteiger partial charge in [-0.3, -0.25) is 9.30 Å². The number of hydrogen-bond acceptors (Lipinski definition) is 6. The number of aryl methyl sites for hydroxylation is 1. The molecular formula is C21H23F3N6O2. The van der Waals surface area contributed by atoms with Gasteiger partial charge in [0.2, 0.25) is 0 Å². The van der Waals surface area contributed by atoms with Crippen LogP contribution >= 0.6 is 0 Å². The Hall–Kier alpha value is -3.50. The van der Waals surface area contributed by atoms with Crippen LogP contribution in [-0.2, 0) is 24.0 Å². The summed E-state index contributed by atoms with van der Waals surface area (Å²) in [7, 11) is 0. The summed E-state index contributed by atoms with van der Waals surface area (Å²) < 4.78 is 46.7. The third kappa shape index (κ3) is 3.90. The van der Waals surface area contributed by atoms with Gasteiger partial charge in [0.05, 0.1) is 43.2 Å². The number of rotatable bonds is 4. The first kappa shape index (κ1) is 21.7. The Kier molecular flexibility index (Phi) is 5.35. The highest BCUT2D eigenvalue weighted by Crippen LogP contribution is 2.35. The van der Waals surface area contributed by atoms with Crippen molar-refractivity contribution in [2.75, 3.05) is 17.7 Å². The fourth-order valence-corrected chi connectivity index (χ4v) is 3.90. The van der Waals surface area contributed by atoms with Crippen molar-refractivity contribution in [1.82, 2.24) is 19.3 Å². The monoisotopic (exact) mass is 448 g/mol. The van der Waals surface area contributed by atoms with Crippen LogP contribution in [0.2, 0.25) is 0 Å². The van der Waals surface area contributed by atoms with Gasteiger partial charge in [-0.05, 0) is 44.5 Å². The maximum Gasteiger partial charge on any atom is 0.416 e. The number of nitrogens with two attached hydrogens (primary N) is 1. The number of aromatic nitrogens is 3. The second kappa shape index (κ2) is 7.88. The molecule has 0 radical (unpaired) electrons. The normalized spacial score (nSPS) is 14.5. The summed E-state index contributed by atoms with van der Waals surface area (Å²) in [6.45, 7) is 6.12. The highest BCUT2D eigenvalue weighted by molar-refractivity contribution is 5.70. The van der Waals surface area contributed by atoms with Crippen LogP contribution in [-0.4, -0.2) is 32.0 Å². The van der Waals surface area contributed by atoms with E-state index in [2.05, 4.69) is 15.3 Å². The molecule has 0 unspecified atom stereocenters. The largest absolute Gasteiger partial charge is 0.450 e. The first-order chi connectivity index (χ1) is 15.1. The molecule has 170 valence electrons. The van der Waals surface area contributed by atoms with Crippen LogP contribution in [0.3, 0.4) is 0 Å². The fourth-order valence-electron chi connectivity index (χ4n) is 3.90. The van der Waals surface area contributed by atoms with E-state index in [9.17, 15) is 18.0 Å². The van der Waals surface area contributed by atoms with E-state index in [4.69, 9.17) is 10.5 Å². The number of imidazole rings is 1. The summed E-state index contributed by atoms with van der Waals surface area (Å²) in [6.07, 6.45) is -3.34. The van der Waals surface area contributed by atoms with E-state index < -0.39 is 23.9 Å². The molecule has 0 spiro atoms. The van der Waals surface area contributed by atoms with Crippen molar-refractivity contribution in [3.63, 3.8) is 0 Å². The van der Waals surface area contributed by atoms with Crippen molar-refractivity contribution in [3.05, 3.63) is 52.6 Å². The first-order valence-corrected chi connectivity index (χ1v) is 10.1. The quantitative estimate of drug-likeness (QED) is 0.578. The third-order valence-corrected chi connectivity index (χ3v) is 5.42. The van der Waals surface area contributed by atoms with Gasteiger partial charge >= 0.3 is 12.3 Å². The topological polar surface area (TPSA) is 97.8 Å². The molecule has 0 aliphatic carbocycles. The van der Waals surface area contributed by atoms with Gasteiger partial charge in [0.1, 0.15) is 11.6 Å². The molecule has 2 aromatic heterocycles. The molecule has 1 amide bonds. The van der Waals surface area contributed by atoms with Gasteiger partial charge in [-0.2, -0.15) is 13.2 Å². The Bertz CT molecular complexity index is 1190. The maximum atomic E-state index is 13.2. The molecule has 8 nitrogen and oxygen atoms in total. The molecule has 1 aromatic carbocycles. The molecule has 1 atom stereocenters. The van der Waals surface area contributed by atoms with E-state index in [0.717, 1.165) is 29.2 Å². The Labute approximate surface area is 182 Å². The number of benzene rings is 1. The van der Waals surface area contributed by atoms with Gasteiger partial charge in [0.15, 0.2) is 5.65 Å². The van der Waals surface area contributed by atoms with E-state index >= 15 is 0 Å². The first-order valence-electron chi connectivity index (χ1n) is 10.1. The lowest BCUT2D eigenvalue weighted by atomic mass is 10.0. The van der Waals surface area contributed by atoms with Crippen LogP contribution in [0.15, 0.2) is 24.4 Å². The lowest BCUT2D eigenvalue weighted by molar-refractivity contribution is -0.137. The Balaban J connectivity index is 1.72. The number of fused-ring (bicyclic) bond motifs is 3. The minimum absolute atomic E-state index is 0.0250. The average molecular weight is 448 g/mol. The van der Waals surface area contributed by atoms with Gasteiger partial charge in [0.25, 0.3) is 0 Å². The highest BCUT2D eigenvalue weighted by atomic mass is 19.4. The molecule has 3 heterocycles. The lowest BCUT2D eigenvalue weighted by Crippen LogP contribution is -2.26. The number of nitrogens with zero attached hydrogens (tertiary/aromatic N) is 4. The predicted molar refractivity (Wildman–Crippen MR) is 112 cm³/mol. The zero-order valence-corrected chi connectivity index (χ0v) is 17.8. The van der Waals surface area contributed by atoms with E-state index in [1.807, 2.05) is 11.3 Å². The summed E-state index contributed by atoms with van der Waals surface area (Å²) in [5, 5.41) is 3.20. The summed E-state index contributed by atoms with van der Waals surface area (Å²) >= 11 is 0. The van der Waals surface area contributed by atoms with Crippen LogP contribution < -0.4 is 11.1 Å². The van der Waals surface area contributed by atoms with Crippen LogP contribution in [0, 0.1) is 6.92 Å². The Morgan fingerprint density at radius 3 is 2.75 bits per heavy atom. The van der Waals surface area contributed by atoms with Gasteiger partial charge in [-0.1, -0.05) is 0 Å². The van der Waals surface area contributed by atoms with Crippen molar-refractivity contribution in [2.24, 2.45) is 0 Å². The third-order valence-electron chi connectivity index (χ3n) is 5.42. The number of carbonyl (C=O) groups is 1. The van der Waals surface area contributed by atoms with E-state index in [1.165, 1.54) is 6.07 Å². The standard InChI is InChI=1S/C21H23F3N6O2/c1-4-32-20(31)29-9-16-17(10-29)30-12(3)26-8-18(30)28-19(16)27-11(2)13-5-14(21(22,23)24)7-15(25)6-13/h5-8,11H,4,9-10,25H2,1-3H3,(H,27,28)/t11-/m1/s1. The van der Waals surface area contributed by atoms with Gasteiger partial charge in [-0.15, -0.1) is 0 Å². The molecular weight excluding hydrogens is 425 g/mol. The number of hydrogen-bond donors (Lipinski definition) is 2. The Morgan fingerprint density at radius 1 is 1.31 bits per heavy atom. The minimum atomic E-state index is -4.50. The fraction of sp³-hybridized carbons (Fsp3) is 0.381. The number of nitrogen functional groups attached to an aromatic ring is 1. The van der Waals surface area contributed by atoms with Crippen molar-refractivity contribution in [1.29, 1.82) is 0 Å². The maximum absolute atomic E-state index is 13.2. The number of carbonyl (C=O) groups excluding carboxylic acids is 1. The van der Waals surface area contributed by atoms with Crippen LogP contribution in [0.25, 0.3) is 5.65 Å². The number of amides is 1.